The van der Waals surface area contributed by atoms with Crippen molar-refractivity contribution in [1.82, 2.24) is 25.5 Å². The summed E-state index contributed by atoms with van der Waals surface area (Å²) in [6, 6.07) is 5.48. The summed E-state index contributed by atoms with van der Waals surface area (Å²) >= 11 is 0. The van der Waals surface area contributed by atoms with Crippen LogP contribution in [-0.2, 0) is 4.79 Å². The van der Waals surface area contributed by atoms with Gasteiger partial charge < -0.3 is 10.4 Å². The highest BCUT2D eigenvalue weighted by Gasteiger charge is 2.19. The van der Waals surface area contributed by atoms with Gasteiger partial charge in [-0.05, 0) is 34.0 Å². The Morgan fingerprint density at radius 3 is 2.67 bits per heavy atom. The number of aliphatic carboxylic acids is 1. The van der Waals surface area contributed by atoms with Gasteiger partial charge in [-0.2, -0.15) is 0 Å². The molecule has 0 saturated heterocycles. The van der Waals surface area contributed by atoms with E-state index in [4.69, 9.17) is 0 Å². The van der Waals surface area contributed by atoms with Gasteiger partial charge in [0.25, 0.3) is 5.91 Å². The van der Waals surface area contributed by atoms with E-state index in [0.29, 0.717) is 11.3 Å². The first-order valence-corrected chi connectivity index (χ1v) is 7.33. The first-order valence-electron chi connectivity index (χ1n) is 7.33. The number of amides is 1. The van der Waals surface area contributed by atoms with Gasteiger partial charge in [-0.25, -0.2) is 9.48 Å². The first kappa shape index (κ1) is 17.3. The number of nitrogens with zero attached hydrogens (tertiary/aromatic N) is 4. The van der Waals surface area contributed by atoms with Crippen molar-refractivity contribution in [3.8, 4) is 5.69 Å². The van der Waals surface area contributed by atoms with Crippen LogP contribution in [0.2, 0.25) is 0 Å². The summed E-state index contributed by atoms with van der Waals surface area (Å²) in [6.07, 6.45) is 4.64. The predicted molar refractivity (Wildman–Crippen MR) is 86.6 cm³/mol. The van der Waals surface area contributed by atoms with Crippen molar-refractivity contribution in [1.29, 1.82) is 0 Å². The highest BCUT2D eigenvalue weighted by Crippen LogP contribution is 2.15. The third kappa shape index (κ3) is 4.73. The second kappa shape index (κ2) is 7.03. The predicted octanol–water partition coefficient (Wildman–Crippen LogP) is 1.45. The Hall–Kier alpha value is -3.03. The Balaban J connectivity index is 2.17. The highest BCUT2D eigenvalue weighted by atomic mass is 16.4. The molecule has 2 rings (SSSR count). The van der Waals surface area contributed by atoms with E-state index >= 15 is 0 Å². The monoisotopic (exact) mass is 329 g/mol. The molecule has 0 aliphatic heterocycles. The number of carboxylic acids is 1. The van der Waals surface area contributed by atoms with E-state index in [9.17, 15) is 14.7 Å². The molecule has 1 atom stereocenters. The van der Waals surface area contributed by atoms with Gasteiger partial charge in [0.2, 0.25) is 0 Å². The van der Waals surface area contributed by atoms with Crippen LogP contribution in [0.25, 0.3) is 5.69 Å². The molecule has 8 heteroatoms. The van der Waals surface area contributed by atoms with Crippen LogP contribution in [0.3, 0.4) is 0 Å². The van der Waals surface area contributed by atoms with Gasteiger partial charge in [0.1, 0.15) is 12.4 Å². The normalized spacial score (nSPS) is 13.0. The maximum absolute atomic E-state index is 12.3. The van der Waals surface area contributed by atoms with Gasteiger partial charge in [-0.1, -0.05) is 39.0 Å². The second-order valence-electron chi connectivity index (χ2n) is 6.32. The molecule has 1 amide bonds. The van der Waals surface area contributed by atoms with E-state index in [-0.39, 0.29) is 5.41 Å². The minimum atomic E-state index is -1.12. The molecule has 0 fully saturated rings. The van der Waals surface area contributed by atoms with Crippen LogP contribution in [0.5, 0.6) is 0 Å². The molecule has 2 N–H and O–H groups in total. The number of nitrogens with one attached hydrogen (secondary N) is 1. The van der Waals surface area contributed by atoms with Crippen LogP contribution in [0.1, 0.15) is 31.1 Å². The lowest BCUT2D eigenvalue weighted by molar-refractivity contribution is -0.137. The number of hydrogen-bond acceptors (Lipinski definition) is 5. The van der Waals surface area contributed by atoms with E-state index in [2.05, 4.69) is 20.8 Å². The fraction of sp³-hybridized carbons (Fsp3) is 0.312. The standard InChI is InChI=1S/C16H19N5O3/c1-16(2,3)8-7-13(15(23)24)18-14(22)11-5-4-6-12(9-11)21-10-17-19-20-21/h4-10,13H,1-3H3,(H,18,22)(H,23,24)/b8-7+. The zero-order valence-electron chi connectivity index (χ0n) is 13.7. The van der Waals surface area contributed by atoms with E-state index in [0.717, 1.165) is 0 Å². The number of benzene rings is 1. The maximum Gasteiger partial charge on any atom is 0.330 e. The van der Waals surface area contributed by atoms with Crippen LogP contribution in [0, 0.1) is 5.41 Å². The Labute approximate surface area is 139 Å². The van der Waals surface area contributed by atoms with Crippen molar-refractivity contribution in [2.24, 2.45) is 5.41 Å². The van der Waals surface area contributed by atoms with E-state index in [1.54, 1.807) is 30.3 Å². The van der Waals surface area contributed by atoms with Crippen molar-refractivity contribution in [2.45, 2.75) is 26.8 Å². The zero-order chi connectivity index (χ0) is 17.7. The minimum absolute atomic E-state index is 0.182. The third-order valence-corrected chi connectivity index (χ3v) is 3.06. The van der Waals surface area contributed by atoms with Crippen LogP contribution < -0.4 is 5.32 Å². The molecular weight excluding hydrogens is 310 g/mol. The lowest BCUT2D eigenvalue weighted by Gasteiger charge is -2.15. The molecule has 2 aromatic rings. The molecule has 8 nitrogen and oxygen atoms in total. The Bertz CT molecular complexity index is 747. The van der Waals surface area contributed by atoms with Crippen LogP contribution in [-0.4, -0.2) is 43.2 Å². The summed E-state index contributed by atoms with van der Waals surface area (Å²) in [6.45, 7) is 5.83. The smallest absolute Gasteiger partial charge is 0.330 e. The molecule has 126 valence electrons. The first-order chi connectivity index (χ1) is 11.3. The van der Waals surface area contributed by atoms with E-state index in [1.807, 2.05) is 20.8 Å². The summed E-state index contributed by atoms with van der Waals surface area (Å²) in [5, 5.41) is 22.6. The van der Waals surface area contributed by atoms with Crippen molar-refractivity contribution in [3.63, 3.8) is 0 Å². The summed E-state index contributed by atoms with van der Waals surface area (Å²) in [4.78, 5) is 23.7. The molecule has 1 aromatic heterocycles. The summed E-state index contributed by atoms with van der Waals surface area (Å²) in [5.74, 6) is -1.61. The van der Waals surface area contributed by atoms with Gasteiger partial charge in [-0.3, -0.25) is 4.79 Å². The Morgan fingerprint density at radius 1 is 1.33 bits per heavy atom. The van der Waals surface area contributed by atoms with Gasteiger partial charge in [-0.15, -0.1) is 5.10 Å². The number of allylic oxidation sites excluding steroid dienone is 1. The molecule has 1 aromatic carbocycles. The van der Waals surface area contributed by atoms with Crippen LogP contribution in [0.15, 0.2) is 42.7 Å². The number of carbonyl (C=O) groups is 2. The van der Waals surface area contributed by atoms with Crippen LogP contribution >= 0.6 is 0 Å². The largest absolute Gasteiger partial charge is 0.479 e. The number of carboxylic acid groups (broad SMARTS) is 1. The van der Waals surface area contributed by atoms with Gasteiger partial charge in [0.05, 0.1) is 5.69 Å². The molecule has 0 aliphatic carbocycles. The maximum atomic E-state index is 12.3. The summed E-state index contributed by atoms with van der Waals surface area (Å²) in [5.41, 5.74) is 0.737. The SMILES string of the molecule is CC(C)(C)/C=C/C(NC(=O)c1cccc(-n2cnnn2)c1)C(=O)O. The molecule has 1 unspecified atom stereocenters. The quantitative estimate of drug-likeness (QED) is 0.803. The fourth-order valence-electron chi connectivity index (χ4n) is 1.87. The topological polar surface area (TPSA) is 110 Å². The number of hydrogen-bond donors (Lipinski definition) is 2. The lowest BCUT2D eigenvalue weighted by atomic mass is 9.95. The number of carbonyl (C=O) groups excluding carboxylic acids is 1. The third-order valence-electron chi connectivity index (χ3n) is 3.06. The van der Waals surface area contributed by atoms with Crippen molar-refractivity contribution in [3.05, 3.63) is 48.3 Å². The highest BCUT2D eigenvalue weighted by molar-refractivity contribution is 5.97. The van der Waals surface area contributed by atoms with Crippen molar-refractivity contribution < 1.29 is 14.7 Å². The van der Waals surface area contributed by atoms with Crippen LogP contribution in [0.4, 0.5) is 0 Å². The van der Waals surface area contributed by atoms with E-state index < -0.39 is 17.9 Å². The molecule has 24 heavy (non-hydrogen) atoms. The molecule has 0 saturated carbocycles. The average Bonchev–Trinajstić information content (AvgIpc) is 3.04. The number of tetrazole rings is 1. The van der Waals surface area contributed by atoms with Crippen molar-refractivity contribution in [2.75, 3.05) is 0 Å². The summed E-state index contributed by atoms with van der Waals surface area (Å²) < 4.78 is 1.41. The Kier molecular flexibility index (Phi) is 5.08. The molecule has 0 aliphatic rings. The number of aromatic nitrogens is 4. The lowest BCUT2D eigenvalue weighted by Crippen LogP contribution is -2.39. The molecule has 0 bridgehead atoms. The minimum Gasteiger partial charge on any atom is -0.479 e. The Morgan fingerprint density at radius 2 is 2.08 bits per heavy atom. The van der Waals surface area contributed by atoms with Gasteiger partial charge in [0, 0.05) is 5.56 Å². The van der Waals surface area contributed by atoms with Gasteiger partial charge in [0.15, 0.2) is 0 Å². The zero-order valence-corrected chi connectivity index (χ0v) is 13.7. The van der Waals surface area contributed by atoms with Crippen molar-refractivity contribution >= 4 is 11.9 Å². The average molecular weight is 329 g/mol. The molecule has 0 radical (unpaired) electrons. The summed E-state index contributed by atoms with van der Waals surface area (Å²) in [7, 11) is 0. The molecule has 0 spiro atoms. The molecule has 1 heterocycles. The van der Waals surface area contributed by atoms with E-state index in [1.165, 1.54) is 17.1 Å². The second-order valence-corrected chi connectivity index (χ2v) is 6.32. The molecular formula is C16H19N5O3. The van der Waals surface area contributed by atoms with Gasteiger partial charge >= 0.3 is 5.97 Å². The fourth-order valence-corrected chi connectivity index (χ4v) is 1.87. The number of rotatable bonds is 5.